The second-order valence-electron chi connectivity index (χ2n) is 7.04. The first-order valence-corrected chi connectivity index (χ1v) is 8.48. The maximum Gasteiger partial charge on any atom is 0.407 e. The summed E-state index contributed by atoms with van der Waals surface area (Å²) in [5, 5.41) is 2.89. The van der Waals surface area contributed by atoms with Crippen molar-refractivity contribution in [2.75, 3.05) is 18.0 Å². The molecule has 1 fully saturated rings. The van der Waals surface area contributed by atoms with Crippen LogP contribution in [0.1, 0.15) is 34.1 Å². The van der Waals surface area contributed by atoms with E-state index in [1.54, 1.807) is 6.20 Å². The number of halogens is 2. The highest BCUT2D eigenvalue weighted by atomic mass is 79.9. The number of amides is 1. The molecule has 1 amide bonds. The molecule has 0 radical (unpaired) electrons. The Morgan fingerprint density at radius 1 is 1.43 bits per heavy atom. The number of hydrogen-bond donors (Lipinski definition) is 1. The van der Waals surface area contributed by atoms with Crippen molar-refractivity contribution >= 4 is 27.7 Å². The maximum absolute atomic E-state index is 14.1. The molecular weight excluding hydrogens is 365 g/mol. The second-order valence-corrected chi connectivity index (χ2v) is 7.90. The number of pyridine rings is 1. The van der Waals surface area contributed by atoms with E-state index in [0.717, 1.165) is 13.0 Å². The molecule has 2 atom stereocenters. The Morgan fingerprint density at radius 3 is 2.74 bits per heavy atom. The average molecular weight is 388 g/mol. The summed E-state index contributed by atoms with van der Waals surface area (Å²) in [7, 11) is 0. The van der Waals surface area contributed by atoms with Crippen LogP contribution < -0.4 is 10.2 Å². The SMILES string of the molecule is C[C@@H]1C[C@H](NC(=O)OC(C)(C)C)CN(c2c(F)cncc2Br)C1. The molecule has 1 aromatic rings. The van der Waals surface area contributed by atoms with Crippen molar-refractivity contribution in [2.45, 2.75) is 45.8 Å². The van der Waals surface area contributed by atoms with E-state index < -0.39 is 11.7 Å². The first-order valence-electron chi connectivity index (χ1n) is 7.69. The number of ether oxygens (including phenoxy) is 1. The molecule has 1 aliphatic rings. The van der Waals surface area contributed by atoms with E-state index in [1.807, 2.05) is 25.7 Å². The van der Waals surface area contributed by atoms with Gasteiger partial charge in [0.2, 0.25) is 0 Å². The zero-order valence-corrected chi connectivity index (χ0v) is 15.5. The number of nitrogens with one attached hydrogen (secondary N) is 1. The molecule has 2 heterocycles. The molecular formula is C16H23BrFN3O2. The normalized spacial score (nSPS) is 21.9. The molecule has 1 N–H and O–H groups in total. The van der Waals surface area contributed by atoms with Gasteiger partial charge in [0.1, 0.15) is 5.60 Å². The Morgan fingerprint density at radius 2 is 2.13 bits per heavy atom. The van der Waals surface area contributed by atoms with E-state index in [-0.39, 0.29) is 11.9 Å². The van der Waals surface area contributed by atoms with E-state index in [4.69, 9.17) is 4.74 Å². The van der Waals surface area contributed by atoms with Crippen LogP contribution >= 0.6 is 15.9 Å². The van der Waals surface area contributed by atoms with Gasteiger partial charge < -0.3 is 15.0 Å². The molecule has 0 aromatic carbocycles. The molecule has 0 unspecified atom stereocenters. The van der Waals surface area contributed by atoms with Crippen molar-refractivity contribution in [3.63, 3.8) is 0 Å². The molecule has 0 saturated carbocycles. The van der Waals surface area contributed by atoms with Gasteiger partial charge in [-0.25, -0.2) is 9.18 Å². The van der Waals surface area contributed by atoms with Crippen molar-refractivity contribution in [1.29, 1.82) is 0 Å². The number of hydrogen-bond acceptors (Lipinski definition) is 4. The third kappa shape index (κ3) is 5.06. The fourth-order valence-corrected chi connectivity index (χ4v) is 3.38. The van der Waals surface area contributed by atoms with Gasteiger partial charge in [-0.3, -0.25) is 4.98 Å². The van der Waals surface area contributed by atoms with Crippen molar-refractivity contribution in [2.24, 2.45) is 5.92 Å². The third-order valence-corrected chi connectivity index (χ3v) is 4.11. The summed E-state index contributed by atoms with van der Waals surface area (Å²) < 4.78 is 20.0. The Hall–Kier alpha value is -1.37. The third-order valence-electron chi connectivity index (χ3n) is 3.53. The summed E-state index contributed by atoms with van der Waals surface area (Å²) in [4.78, 5) is 17.7. The molecule has 1 aliphatic heterocycles. The second kappa shape index (κ2) is 7.03. The summed E-state index contributed by atoms with van der Waals surface area (Å²) in [6.45, 7) is 8.82. The zero-order chi connectivity index (χ0) is 17.2. The van der Waals surface area contributed by atoms with Crippen LogP contribution in [0.15, 0.2) is 16.9 Å². The van der Waals surface area contributed by atoms with Gasteiger partial charge in [0.05, 0.1) is 16.4 Å². The topological polar surface area (TPSA) is 54.5 Å². The number of anilines is 1. The number of carbonyl (C=O) groups is 1. The van der Waals surface area contributed by atoms with Gasteiger partial charge in [-0.05, 0) is 49.0 Å². The van der Waals surface area contributed by atoms with Gasteiger partial charge in [0.25, 0.3) is 0 Å². The molecule has 128 valence electrons. The van der Waals surface area contributed by atoms with Gasteiger partial charge in [-0.2, -0.15) is 0 Å². The Balaban J connectivity index is 2.09. The number of rotatable bonds is 2. The predicted molar refractivity (Wildman–Crippen MR) is 91.0 cm³/mol. The Labute approximate surface area is 144 Å². The van der Waals surface area contributed by atoms with Gasteiger partial charge in [0.15, 0.2) is 5.82 Å². The molecule has 1 saturated heterocycles. The van der Waals surface area contributed by atoms with E-state index in [0.29, 0.717) is 22.6 Å². The van der Waals surface area contributed by atoms with Gasteiger partial charge in [-0.1, -0.05) is 6.92 Å². The van der Waals surface area contributed by atoms with Gasteiger partial charge >= 0.3 is 6.09 Å². The minimum Gasteiger partial charge on any atom is -0.444 e. The Bertz CT molecular complexity index is 557. The van der Waals surface area contributed by atoms with Crippen LogP contribution in [0.3, 0.4) is 0 Å². The fourth-order valence-electron chi connectivity index (χ4n) is 2.82. The molecule has 1 aromatic heterocycles. The molecule has 7 heteroatoms. The van der Waals surface area contributed by atoms with Crippen LogP contribution in [0.5, 0.6) is 0 Å². The van der Waals surface area contributed by atoms with Crippen LogP contribution in [-0.2, 0) is 4.74 Å². The molecule has 0 aliphatic carbocycles. The first-order chi connectivity index (χ1) is 10.7. The van der Waals surface area contributed by atoms with Crippen LogP contribution in [0, 0.1) is 11.7 Å². The first kappa shape index (κ1) is 18.0. The number of carbonyl (C=O) groups excluding carboxylic acids is 1. The predicted octanol–water partition coefficient (Wildman–Crippen LogP) is 3.72. The smallest absolute Gasteiger partial charge is 0.407 e. The number of alkyl carbamates (subject to hydrolysis) is 1. The van der Waals surface area contributed by atoms with Crippen molar-refractivity contribution in [3.8, 4) is 0 Å². The standard InChI is InChI=1S/C16H23BrFN3O2/c1-10-5-11(20-15(22)23-16(2,3)4)9-21(8-10)14-12(17)6-19-7-13(14)18/h6-7,10-11H,5,8-9H2,1-4H3,(H,20,22)/t10-,11+/m1/s1. The number of nitrogens with zero attached hydrogens (tertiary/aromatic N) is 2. The summed E-state index contributed by atoms with van der Waals surface area (Å²) >= 11 is 3.36. The minimum absolute atomic E-state index is 0.0898. The summed E-state index contributed by atoms with van der Waals surface area (Å²) in [6.07, 6.45) is 3.18. The maximum atomic E-state index is 14.1. The quantitative estimate of drug-likeness (QED) is 0.839. The molecule has 23 heavy (non-hydrogen) atoms. The number of piperidine rings is 1. The lowest BCUT2D eigenvalue weighted by molar-refractivity contribution is 0.0495. The van der Waals surface area contributed by atoms with Crippen molar-refractivity contribution < 1.29 is 13.9 Å². The van der Waals surface area contributed by atoms with E-state index in [9.17, 15) is 9.18 Å². The van der Waals surface area contributed by atoms with E-state index in [2.05, 4.69) is 33.2 Å². The van der Waals surface area contributed by atoms with E-state index >= 15 is 0 Å². The van der Waals surface area contributed by atoms with Gasteiger partial charge in [0, 0.05) is 25.3 Å². The van der Waals surface area contributed by atoms with Crippen LogP contribution in [0.2, 0.25) is 0 Å². The van der Waals surface area contributed by atoms with Gasteiger partial charge in [-0.15, -0.1) is 0 Å². The highest BCUT2D eigenvalue weighted by molar-refractivity contribution is 9.10. The minimum atomic E-state index is -0.537. The molecule has 0 spiro atoms. The highest BCUT2D eigenvalue weighted by Crippen LogP contribution is 2.31. The molecule has 0 bridgehead atoms. The molecule has 2 rings (SSSR count). The lowest BCUT2D eigenvalue weighted by atomic mass is 9.95. The largest absolute Gasteiger partial charge is 0.444 e. The van der Waals surface area contributed by atoms with E-state index in [1.165, 1.54) is 6.20 Å². The van der Waals surface area contributed by atoms with Crippen LogP contribution in [0.4, 0.5) is 14.9 Å². The van der Waals surface area contributed by atoms with Crippen LogP contribution in [0.25, 0.3) is 0 Å². The summed E-state index contributed by atoms with van der Waals surface area (Å²) in [6, 6.07) is -0.0898. The zero-order valence-electron chi connectivity index (χ0n) is 13.9. The van der Waals surface area contributed by atoms with Crippen LogP contribution in [-0.4, -0.2) is 35.8 Å². The summed E-state index contributed by atoms with van der Waals surface area (Å²) in [5.41, 5.74) is -0.0489. The van der Waals surface area contributed by atoms with Crippen molar-refractivity contribution in [3.05, 3.63) is 22.7 Å². The summed E-state index contributed by atoms with van der Waals surface area (Å²) in [5.74, 6) is -0.0485. The average Bonchev–Trinajstić information content (AvgIpc) is 2.35. The lowest BCUT2D eigenvalue weighted by Crippen LogP contribution is -2.51. The number of aromatic nitrogens is 1. The molecule has 5 nitrogen and oxygen atoms in total. The van der Waals surface area contributed by atoms with Crippen molar-refractivity contribution in [1.82, 2.24) is 10.3 Å². The fraction of sp³-hybridized carbons (Fsp3) is 0.625. The lowest BCUT2D eigenvalue weighted by Gasteiger charge is -2.38. The Kier molecular flexibility index (Phi) is 5.49. The highest BCUT2D eigenvalue weighted by Gasteiger charge is 2.29. The monoisotopic (exact) mass is 387 g/mol.